The molecule has 0 bridgehead atoms. The molecule has 6 rings (SSSR count). The molecule has 1 N–H and O–H groups in total. The van der Waals surface area contributed by atoms with Crippen molar-refractivity contribution in [3.8, 4) is 17.2 Å². The largest absolute Gasteiger partial charge is 0.497 e. The molecule has 4 atom stereocenters. The zero-order valence-corrected chi connectivity index (χ0v) is 32.3. The van der Waals surface area contributed by atoms with E-state index in [-0.39, 0.29) is 53.8 Å². The topological polar surface area (TPSA) is 147 Å². The second kappa shape index (κ2) is 15.7. The number of carbonyl (C=O) groups is 2. The summed E-state index contributed by atoms with van der Waals surface area (Å²) in [5, 5.41) is 19.2. The number of ether oxygens (including phenoxy) is 4. The normalized spacial score (nSPS) is 20.9. The second-order valence-corrected chi connectivity index (χ2v) is 19.0. The van der Waals surface area contributed by atoms with Crippen LogP contribution in [0.5, 0.6) is 11.5 Å². The maximum absolute atomic E-state index is 15.2. The van der Waals surface area contributed by atoms with Crippen LogP contribution in [-0.4, -0.2) is 85.2 Å². The molecule has 13 nitrogen and oxygen atoms in total. The number of aryl methyl sites for hydroxylation is 1. The van der Waals surface area contributed by atoms with Crippen molar-refractivity contribution < 1.29 is 33.6 Å². The summed E-state index contributed by atoms with van der Waals surface area (Å²) in [4.78, 5) is 42.3. The lowest BCUT2D eigenvalue weighted by Gasteiger charge is -2.37. The van der Waals surface area contributed by atoms with E-state index in [4.69, 9.17) is 18.9 Å². The Balaban J connectivity index is 1.45. The van der Waals surface area contributed by atoms with Crippen molar-refractivity contribution in [1.29, 1.82) is 0 Å². The van der Waals surface area contributed by atoms with Gasteiger partial charge < -0.3 is 29.0 Å². The Hall–Kier alpha value is -4.79. The number of aliphatic hydroxyl groups is 1. The highest BCUT2D eigenvalue weighted by atomic mass is 28.3. The third kappa shape index (κ3) is 7.02. The first kappa shape index (κ1) is 37.9. The van der Waals surface area contributed by atoms with E-state index in [2.05, 4.69) is 42.5 Å². The van der Waals surface area contributed by atoms with Gasteiger partial charge in [0.25, 0.3) is 11.5 Å². The lowest BCUT2D eigenvalue weighted by Crippen LogP contribution is -2.52. The number of unbranched alkanes of at least 4 members (excludes halogenated alkanes) is 1. The van der Waals surface area contributed by atoms with Gasteiger partial charge in [-0.25, -0.2) is 0 Å². The molecule has 14 heteroatoms. The van der Waals surface area contributed by atoms with Crippen LogP contribution >= 0.6 is 0 Å². The van der Waals surface area contributed by atoms with Gasteiger partial charge in [-0.05, 0) is 67.3 Å². The number of fused-ring (bicyclic) bond motifs is 2. The highest BCUT2D eigenvalue weighted by molar-refractivity contribution is 6.91. The van der Waals surface area contributed by atoms with Gasteiger partial charge in [0.1, 0.15) is 5.75 Å². The zero-order valence-electron chi connectivity index (χ0n) is 31.3. The lowest BCUT2D eigenvalue weighted by molar-refractivity contribution is -0.146. The molecule has 0 radical (unpaired) electrons. The summed E-state index contributed by atoms with van der Waals surface area (Å²) in [5.74, 6) is 0.282. The number of hydrogen-bond acceptors (Lipinski definition) is 10. The molecular weight excluding hydrogens is 695 g/mol. The molecule has 53 heavy (non-hydrogen) atoms. The van der Waals surface area contributed by atoms with Crippen molar-refractivity contribution in [3.63, 3.8) is 0 Å². The van der Waals surface area contributed by atoms with Crippen molar-refractivity contribution in [2.24, 2.45) is 5.92 Å². The summed E-state index contributed by atoms with van der Waals surface area (Å²) in [7, 11) is 2.07. The summed E-state index contributed by atoms with van der Waals surface area (Å²) in [6, 6.07) is 17.3. The molecule has 1 fully saturated rings. The Morgan fingerprint density at radius 2 is 1.79 bits per heavy atom. The van der Waals surface area contributed by atoms with Crippen LogP contribution in [0.15, 0.2) is 71.8 Å². The number of esters is 1. The van der Waals surface area contributed by atoms with Crippen LogP contribution in [0.3, 0.4) is 0 Å². The van der Waals surface area contributed by atoms with E-state index in [1.807, 2.05) is 36.5 Å². The first-order valence-electron chi connectivity index (χ1n) is 18.1. The zero-order chi connectivity index (χ0) is 37.9. The number of anilines is 1. The molecule has 2 aromatic heterocycles. The molecule has 1 spiro atoms. The Labute approximate surface area is 310 Å². The van der Waals surface area contributed by atoms with Gasteiger partial charge in [-0.1, -0.05) is 42.6 Å². The number of benzene rings is 2. The van der Waals surface area contributed by atoms with Crippen LogP contribution in [0.2, 0.25) is 18.6 Å². The van der Waals surface area contributed by atoms with Gasteiger partial charge in [0, 0.05) is 62.1 Å². The number of aliphatic hydroxyl groups excluding tert-OH is 1. The molecule has 2 aliphatic rings. The fourth-order valence-electron chi connectivity index (χ4n) is 8.35. The number of methoxy groups -OCH3 is 3. The molecule has 1 amide bonds. The molecule has 1 saturated heterocycles. The minimum absolute atomic E-state index is 0.0151. The SMILES string of the molecule is COC(=O)CCCCN1C(=O)[C@]2(O[C@H](CCn3cc(CCO)nn3)[C@@H]([Si](C)(C)c3ccc(OC)cc3)[C@@H]2C)c2cc(-n3cccc(OC)c3=O)ccc21. The monoisotopic (exact) mass is 743 g/mol. The summed E-state index contributed by atoms with van der Waals surface area (Å²) >= 11 is 0. The summed E-state index contributed by atoms with van der Waals surface area (Å²) in [5.41, 5.74) is 1.07. The Morgan fingerprint density at radius 3 is 2.49 bits per heavy atom. The number of carbonyl (C=O) groups excluding carboxylic acids is 2. The number of nitrogens with zero attached hydrogens (tertiary/aromatic N) is 5. The third-order valence-corrected chi connectivity index (χ3v) is 15.4. The van der Waals surface area contributed by atoms with E-state index in [9.17, 15) is 14.7 Å². The Morgan fingerprint density at radius 1 is 1.02 bits per heavy atom. The van der Waals surface area contributed by atoms with Crippen LogP contribution in [0.4, 0.5) is 5.69 Å². The van der Waals surface area contributed by atoms with E-state index in [0.717, 1.165) is 11.4 Å². The maximum Gasteiger partial charge on any atom is 0.305 e. The average molecular weight is 744 g/mol. The smallest absolute Gasteiger partial charge is 0.305 e. The highest BCUT2D eigenvalue weighted by Crippen LogP contribution is 2.60. The number of rotatable bonds is 15. The number of pyridine rings is 1. The molecular formula is C39H49N5O8Si. The molecule has 4 aromatic rings. The van der Waals surface area contributed by atoms with Crippen LogP contribution < -0.4 is 25.1 Å². The second-order valence-electron chi connectivity index (χ2n) is 14.3. The van der Waals surface area contributed by atoms with Crippen LogP contribution in [-0.2, 0) is 37.6 Å². The predicted octanol–water partition coefficient (Wildman–Crippen LogP) is 3.98. The predicted molar refractivity (Wildman–Crippen MR) is 202 cm³/mol. The molecule has 4 heterocycles. The van der Waals surface area contributed by atoms with Crippen LogP contribution in [0.25, 0.3) is 5.69 Å². The van der Waals surface area contributed by atoms with Gasteiger partial charge in [-0.2, -0.15) is 0 Å². The van der Waals surface area contributed by atoms with Gasteiger partial charge in [0.15, 0.2) is 11.4 Å². The van der Waals surface area contributed by atoms with E-state index >= 15 is 4.79 Å². The fourth-order valence-corrected chi connectivity index (χ4v) is 12.4. The number of aromatic nitrogens is 4. The highest BCUT2D eigenvalue weighted by Gasteiger charge is 2.66. The minimum atomic E-state index is -2.42. The van der Waals surface area contributed by atoms with Gasteiger partial charge in [0.2, 0.25) is 0 Å². The van der Waals surface area contributed by atoms with Gasteiger partial charge in [-0.15, -0.1) is 5.10 Å². The van der Waals surface area contributed by atoms with E-state index in [1.165, 1.54) is 24.0 Å². The summed E-state index contributed by atoms with van der Waals surface area (Å²) in [6.45, 7) is 7.67. The molecule has 0 unspecified atom stereocenters. The van der Waals surface area contributed by atoms with Gasteiger partial charge >= 0.3 is 5.97 Å². The Bertz CT molecular complexity index is 2000. The number of hydrogen-bond donors (Lipinski definition) is 1. The average Bonchev–Trinajstić information content (AvgIpc) is 3.81. The lowest BCUT2D eigenvalue weighted by atomic mass is 9.82. The number of amides is 1. The molecule has 282 valence electrons. The van der Waals surface area contributed by atoms with E-state index in [1.54, 1.807) is 35.0 Å². The van der Waals surface area contributed by atoms with Crippen molar-refractivity contribution in [1.82, 2.24) is 19.6 Å². The maximum atomic E-state index is 15.2. The van der Waals surface area contributed by atoms with Gasteiger partial charge in [0.05, 0.1) is 46.9 Å². The summed E-state index contributed by atoms with van der Waals surface area (Å²) < 4.78 is 26.3. The van der Waals surface area contributed by atoms with E-state index < -0.39 is 13.7 Å². The Kier molecular flexibility index (Phi) is 11.2. The molecule has 2 aliphatic heterocycles. The molecule has 0 aliphatic carbocycles. The fraction of sp³-hybridized carbons (Fsp3) is 0.462. The molecule has 0 saturated carbocycles. The van der Waals surface area contributed by atoms with Crippen LogP contribution in [0, 0.1) is 5.92 Å². The first-order chi connectivity index (χ1) is 25.5. The molecule has 2 aromatic carbocycles. The van der Waals surface area contributed by atoms with Crippen molar-refractivity contribution in [2.45, 2.75) is 75.9 Å². The standard InChI is InChI=1S/C39H49N5O8Si/c1-26-36(53(5,6)30-15-13-29(49-2)14-16-30)33(18-22-42-25-27(19-23-45)40-41-42)52-39(26)31-24-28(43-21-9-10-34(50-3)37(43)47)12-17-32(31)44(38(39)48)20-8-7-11-35(46)51-4/h9-10,12-17,21,24-26,33,36,45H,7-8,11,18-20,22-23H2,1-6H3/t26-,33+,36-,39+/m0/s1. The first-order valence-corrected chi connectivity index (χ1v) is 21.2. The third-order valence-electron chi connectivity index (χ3n) is 11.1. The van der Waals surface area contributed by atoms with Crippen molar-refractivity contribution in [2.75, 3.05) is 39.4 Å². The van der Waals surface area contributed by atoms with Crippen molar-refractivity contribution in [3.05, 3.63) is 88.6 Å². The summed E-state index contributed by atoms with van der Waals surface area (Å²) in [6.07, 6.45) is 5.59. The van der Waals surface area contributed by atoms with Gasteiger partial charge in [-0.3, -0.25) is 23.6 Å². The van der Waals surface area contributed by atoms with E-state index in [0.29, 0.717) is 55.7 Å². The van der Waals surface area contributed by atoms with Crippen molar-refractivity contribution >= 4 is 30.8 Å². The minimum Gasteiger partial charge on any atom is -0.497 e. The quantitative estimate of drug-likeness (QED) is 0.108. The van der Waals surface area contributed by atoms with Crippen LogP contribution in [0.1, 0.15) is 43.9 Å².